The maximum atomic E-state index is 8.55. The first-order valence-corrected chi connectivity index (χ1v) is 2.51. The molecule has 0 bridgehead atoms. The van der Waals surface area contributed by atoms with Crippen LogP contribution in [0.15, 0.2) is 0 Å². The third kappa shape index (κ3) is 668. The molecule has 0 aliphatic carbocycles. The maximum Gasteiger partial charge on any atom is 2.00 e. The van der Waals surface area contributed by atoms with E-state index in [1.165, 1.54) is 0 Å². The predicted molar refractivity (Wildman–Crippen MR) is 12.3 cm³/mol. The second-order valence-corrected chi connectivity index (χ2v) is 1.34. The van der Waals surface area contributed by atoms with Crippen molar-refractivity contribution in [3.63, 3.8) is 0 Å². The van der Waals surface area contributed by atoms with Gasteiger partial charge in [-0.3, -0.25) is 0 Å². The van der Waals surface area contributed by atoms with E-state index >= 15 is 0 Å². The van der Waals surface area contributed by atoms with Crippen molar-refractivity contribution in [3.8, 4) is 0 Å². The Hall–Kier alpha value is 0.549. The van der Waals surface area contributed by atoms with Crippen molar-refractivity contribution in [2.24, 2.45) is 0 Å². The van der Waals surface area contributed by atoms with Crippen LogP contribution in [-0.2, 0) is 21.6 Å². The third-order valence-corrected chi connectivity index (χ3v) is 0. The fraction of sp³-hybridized carbons (Fsp3) is 0. The molecule has 0 amide bonds. The molecule has 6 nitrogen and oxygen atoms in total. The maximum absolute atomic E-state index is 8.55. The topological polar surface area (TPSA) is 134 Å². The van der Waals surface area contributed by atoms with E-state index in [1.54, 1.807) is 0 Å². The quantitative estimate of drug-likeness (QED) is 0.224. The van der Waals surface area contributed by atoms with Gasteiger partial charge >= 0.3 is 17.1 Å². The minimum Gasteiger partial charge on any atom is -0.822 e. The van der Waals surface area contributed by atoms with Crippen LogP contribution in [0.1, 0.15) is 0 Å². The molecule has 8 heteroatoms. The monoisotopic (exact) mass is 185 g/mol. The van der Waals surface area contributed by atoms with Crippen LogP contribution in [0.2, 0.25) is 0 Å². The summed E-state index contributed by atoms with van der Waals surface area (Å²) in [6.45, 7) is 0. The zero-order valence-electron chi connectivity index (χ0n) is 3.59. The second kappa shape index (κ2) is 7.55. The Morgan fingerprint density at radius 1 is 1.25 bits per heavy atom. The van der Waals surface area contributed by atoms with E-state index in [0.717, 1.165) is 0 Å². The average molecular weight is 185 g/mol. The fourth-order valence-corrected chi connectivity index (χ4v) is 0. The zero-order chi connectivity index (χ0) is 6.50. The molecule has 0 heterocycles. The van der Waals surface area contributed by atoms with Gasteiger partial charge in [0, 0.05) is 0 Å². The number of phosphoric acid groups is 1. The fourth-order valence-electron chi connectivity index (χ4n) is 0. The summed E-state index contributed by atoms with van der Waals surface area (Å²) < 4.78 is 8.55. The van der Waals surface area contributed by atoms with Gasteiger partial charge in [0.15, 0.2) is 0 Å². The van der Waals surface area contributed by atoms with Gasteiger partial charge in [-0.25, -0.2) is 11.1 Å². The molecule has 52 valence electrons. The summed E-state index contributed by atoms with van der Waals surface area (Å²) in [5.41, 5.74) is 0. The minimum absolute atomic E-state index is 0. The smallest absolute Gasteiger partial charge is 0.822 e. The van der Waals surface area contributed by atoms with E-state index in [9.17, 15) is 0 Å². The minimum atomic E-state index is -5.39. The average Bonchev–Trinajstić information content (AvgIpc) is 1.36. The van der Waals surface area contributed by atoms with Crippen molar-refractivity contribution in [3.05, 3.63) is 0 Å². The number of hydrogen-bond donors (Lipinski definition) is 2. The van der Waals surface area contributed by atoms with E-state index in [1.807, 2.05) is 0 Å². The molecule has 0 fully saturated rings. The van der Waals surface area contributed by atoms with E-state index < -0.39 is 7.82 Å². The molecule has 0 aromatic heterocycles. The van der Waals surface area contributed by atoms with Gasteiger partial charge in [0.1, 0.15) is 0 Å². The Labute approximate surface area is 56.0 Å². The second-order valence-electron chi connectivity index (χ2n) is 0.447. The van der Waals surface area contributed by atoms with E-state index in [2.05, 4.69) is 5.90 Å². The van der Waals surface area contributed by atoms with E-state index in [4.69, 9.17) is 24.5 Å². The molecular weight excluding hydrogens is 181 g/mol. The van der Waals surface area contributed by atoms with Crippen LogP contribution >= 0.6 is 7.82 Å². The molecule has 4 N–H and O–H groups in total. The van der Waals surface area contributed by atoms with Crippen LogP contribution in [0.5, 0.6) is 0 Å². The largest absolute Gasteiger partial charge is 2.00 e. The van der Waals surface area contributed by atoms with Gasteiger partial charge in [0.05, 0.1) is 0 Å². The molecule has 0 rings (SSSR count). The molecule has 0 aliphatic rings. The molecule has 8 heavy (non-hydrogen) atoms. The van der Waals surface area contributed by atoms with Crippen LogP contribution in [0.25, 0.3) is 0 Å². The van der Waals surface area contributed by atoms with Gasteiger partial charge < -0.3 is 19.2 Å². The first-order chi connectivity index (χ1) is 3.00. The summed E-state index contributed by atoms with van der Waals surface area (Å²) in [7, 11) is -5.39. The Morgan fingerprint density at radius 2 is 1.25 bits per heavy atom. The van der Waals surface area contributed by atoms with Crippen molar-refractivity contribution < 1.29 is 47.4 Å². The molecule has 0 aromatic rings. The summed E-state index contributed by atoms with van der Waals surface area (Å²) in [5.74, 6) is 2.25. The first-order valence-electron chi connectivity index (χ1n) is 1.05. The Kier molecular flexibility index (Phi) is 14.9. The van der Waals surface area contributed by atoms with Gasteiger partial charge in [-0.05, 0) is 0 Å². The Bertz CT molecular complexity index is 58.6. The number of hydrogen-bond acceptors (Lipinski definition) is 5. The predicted octanol–water partition coefficient (Wildman–Crippen LogP) is -4.21. The molecule has 0 aromatic carbocycles. The summed E-state index contributed by atoms with van der Waals surface area (Å²) in [6, 6.07) is 0. The van der Waals surface area contributed by atoms with Crippen LogP contribution in [-0.4, -0.2) is 5.21 Å². The van der Waals surface area contributed by atoms with Crippen molar-refractivity contribution in [1.29, 1.82) is 0 Å². The molecular formula is H4FeNO5P. The molecule has 0 spiro atoms. The summed E-state index contributed by atoms with van der Waals surface area (Å²) in [6.07, 6.45) is 0. The van der Waals surface area contributed by atoms with Crippen LogP contribution in [0.3, 0.4) is 0 Å². The Morgan fingerprint density at radius 3 is 1.25 bits per heavy atom. The van der Waals surface area contributed by atoms with Crippen molar-refractivity contribution in [2.45, 2.75) is 0 Å². The number of quaternary nitrogens is 1. The van der Waals surface area contributed by atoms with Crippen molar-refractivity contribution >= 4 is 7.82 Å². The standard InChI is InChI=1S/Fe.H4NO.H3O4P/c;1-2;1-5(2,3)4/h;2H,1H3;(H3,1,2,3,4)/q+2;+1;/p-3. The van der Waals surface area contributed by atoms with Crippen LogP contribution in [0.4, 0.5) is 0 Å². The van der Waals surface area contributed by atoms with Crippen molar-refractivity contribution in [2.75, 3.05) is 0 Å². The SMILES string of the molecule is O=P([O-])([O-])[O-].[Fe+2].[NH3+]O. The van der Waals surface area contributed by atoms with E-state index in [0.29, 0.717) is 0 Å². The normalized spacial score (nSPS) is 8.12. The third-order valence-electron chi connectivity index (χ3n) is 0. The van der Waals surface area contributed by atoms with Gasteiger partial charge in [-0.2, -0.15) is 7.82 Å². The molecule has 0 saturated heterocycles. The van der Waals surface area contributed by atoms with Crippen LogP contribution in [0, 0.1) is 0 Å². The van der Waals surface area contributed by atoms with Crippen LogP contribution < -0.4 is 20.6 Å². The molecule has 0 atom stereocenters. The summed E-state index contributed by atoms with van der Waals surface area (Å²) in [5, 5.41) is 6.75. The molecule has 0 aliphatic heterocycles. The van der Waals surface area contributed by atoms with Crippen molar-refractivity contribution in [1.82, 2.24) is 0 Å². The zero-order valence-corrected chi connectivity index (χ0v) is 5.59. The van der Waals surface area contributed by atoms with E-state index in [-0.39, 0.29) is 17.1 Å². The number of rotatable bonds is 0. The van der Waals surface area contributed by atoms with Gasteiger partial charge in [-0.15, -0.1) is 0 Å². The first kappa shape index (κ1) is 15.8. The van der Waals surface area contributed by atoms with Gasteiger partial charge in [-0.1, -0.05) is 0 Å². The summed E-state index contributed by atoms with van der Waals surface area (Å²) >= 11 is 0. The molecule has 0 unspecified atom stereocenters. The van der Waals surface area contributed by atoms with Gasteiger partial charge in [0.2, 0.25) is 0 Å². The van der Waals surface area contributed by atoms with Gasteiger partial charge in [0.25, 0.3) is 0 Å². The summed E-state index contributed by atoms with van der Waals surface area (Å²) in [4.78, 5) is 25.6. The molecule has 0 saturated carbocycles. The Balaban J connectivity index is -0.0000000750. The molecule has 0 radical (unpaired) electrons.